The highest BCUT2D eigenvalue weighted by molar-refractivity contribution is 5.47. The van der Waals surface area contributed by atoms with E-state index >= 15 is 0 Å². The molecular weight excluding hydrogens is 313 g/mol. The van der Waals surface area contributed by atoms with Crippen LogP contribution in [0.2, 0.25) is 0 Å². The van der Waals surface area contributed by atoms with Gasteiger partial charge in [-0.15, -0.1) is 0 Å². The van der Waals surface area contributed by atoms with Gasteiger partial charge in [0.05, 0.1) is 5.56 Å². The number of hydrogen-bond acceptors (Lipinski definition) is 2. The van der Waals surface area contributed by atoms with E-state index in [4.69, 9.17) is 10.00 Å². The van der Waals surface area contributed by atoms with Gasteiger partial charge in [0, 0.05) is 16.7 Å². The highest BCUT2D eigenvalue weighted by atomic mass is 19.1. The van der Waals surface area contributed by atoms with Gasteiger partial charge >= 0.3 is 0 Å². The first-order valence-electron chi connectivity index (χ1n) is 7.74. The maximum atomic E-state index is 13.2. The van der Waals surface area contributed by atoms with Crippen molar-refractivity contribution in [3.63, 3.8) is 0 Å². The molecule has 0 aromatic heterocycles. The van der Waals surface area contributed by atoms with Gasteiger partial charge in [-0.2, -0.15) is 5.26 Å². The smallest absolute Gasteiger partial charge is 0.137 e. The summed E-state index contributed by atoms with van der Waals surface area (Å²) in [7, 11) is 0. The summed E-state index contributed by atoms with van der Waals surface area (Å²) in [6.45, 7) is 0.250. The fourth-order valence-corrected chi connectivity index (χ4v) is 2.30. The number of rotatable bonds is 3. The lowest BCUT2D eigenvalue weighted by atomic mass is 10.1. The molecule has 0 saturated carbocycles. The van der Waals surface area contributed by atoms with Crippen molar-refractivity contribution < 1.29 is 9.13 Å². The Kier molecular flexibility index (Phi) is 5.10. The molecule has 0 radical (unpaired) electrons. The van der Waals surface area contributed by atoms with Gasteiger partial charge in [-0.1, -0.05) is 48.2 Å². The summed E-state index contributed by atoms with van der Waals surface area (Å²) in [5.41, 5.74) is 2.86. The van der Waals surface area contributed by atoms with Gasteiger partial charge in [0.1, 0.15) is 24.2 Å². The maximum Gasteiger partial charge on any atom is 0.137 e. The third kappa shape index (κ3) is 4.25. The Hall–Kier alpha value is -3.56. The van der Waals surface area contributed by atoms with Gasteiger partial charge in [0.2, 0.25) is 0 Å². The molecular formula is C22H14FNO. The number of halogens is 1. The van der Waals surface area contributed by atoms with Crippen molar-refractivity contribution in [3.8, 4) is 23.7 Å². The molecule has 0 N–H and O–H groups in total. The van der Waals surface area contributed by atoms with Crippen LogP contribution in [0.1, 0.15) is 22.3 Å². The molecule has 0 unspecified atom stereocenters. The molecule has 120 valence electrons. The van der Waals surface area contributed by atoms with Gasteiger partial charge in [0.15, 0.2) is 0 Å². The van der Waals surface area contributed by atoms with Crippen molar-refractivity contribution >= 4 is 0 Å². The zero-order valence-corrected chi connectivity index (χ0v) is 13.4. The van der Waals surface area contributed by atoms with Crippen molar-refractivity contribution in [1.82, 2.24) is 0 Å². The molecule has 0 amide bonds. The number of hydrogen-bond donors (Lipinski definition) is 0. The molecule has 0 saturated heterocycles. The Morgan fingerprint density at radius 1 is 0.840 bits per heavy atom. The second-order valence-corrected chi connectivity index (χ2v) is 5.31. The Bertz CT molecular complexity index is 978. The van der Waals surface area contributed by atoms with E-state index in [0.29, 0.717) is 5.75 Å². The van der Waals surface area contributed by atoms with Gasteiger partial charge in [0.25, 0.3) is 0 Å². The fraction of sp³-hybridized carbons (Fsp3) is 0.0455. The van der Waals surface area contributed by atoms with Crippen LogP contribution < -0.4 is 4.74 Å². The minimum atomic E-state index is -0.460. The summed E-state index contributed by atoms with van der Waals surface area (Å²) in [5, 5.41) is 9.09. The standard InChI is InChI=1S/C22H14FNO/c23-21-12-13-22(20(14-21)15-24)25-16-19-9-5-4-8-18(19)11-10-17-6-2-1-3-7-17/h1-9,12-14H,16H2. The quantitative estimate of drug-likeness (QED) is 0.655. The second kappa shape index (κ2) is 7.81. The summed E-state index contributed by atoms with van der Waals surface area (Å²) in [6.07, 6.45) is 0. The van der Waals surface area contributed by atoms with E-state index in [2.05, 4.69) is 11.8 Å². The fourth-order valence-electron chi connectivity index (χ4n) is 2.30. The van der Waals surface area contributed by atoms with Gasteiger partial charge in [-0.05, 0) is 36.4 Å². The number of nitriles is 1. The highest BCUT2D eigenvalue weighted by Crippen LogP contribution is 2.20. The summed E-state index contributed by atoms with van der Waals surface area (Å²) < 4.78 is 18.9. The summed E-state index contributed by atoms with van der Waals surface area (Å²) in [4.78, 5) is 0. The number of nitrogens with zero attached hydrogens (tertiary/aromatic N) is 1. The van der Waals surface area contributed by atoms with Crippen molar-refractivity contribution in [3.05, 3.63) is 101 Å². The molecule has 0 aliphatic rings. The topological polar surface area (TPSA) is 33.0 Å². The lowest BCUT2D eigenvalue weighted by Gasteiger charge is -2.09. The van der Waals surface area contributed by atoms with Crippen LogP contribution in [-0.2, 0) is 6.61 Å². The molecule has 2 nitrogen and oxygen atoms in total. The van der Waals surface area contributed by atoms with Crippen molar-refractivity contribution in [2.45, 2.75) is 6.61 Å². The van der Waals surface area contributed by atoms with Crippen LogP contribution in [0.3, 0.4) is 0 Å². The first kappa shape index (κ1) is 16.3. The Morgan fingerprint density at radius 2 is 1.60 bits per heavy atom. The largest absolute Gasteiger partial charge is 0.487 e. The molecule has 0 fully saturated rings. The molecule has 0 atom stereocenters. The maximum absolute atomic E-state index is 13.2. The predicted octanol–water partition coefficient (Wildman–Crippen LogP) is 4.68. The molecule has 25 heavy (non-hydrogen) atoms. The number of benzene rings is 3. The summed E-state index contributed by atoms with van der Waals surface area (Å²) in [6, 6.07) is 23.2. The van der Waals surface area contributed by atoms with Crippen LogP contribution in [0.5, 0.6) is 5.75 Å². The van der Waals surface area contributed by atoms with E-state index in [1.165, 1.54) is 12.1 Å². The SMILES string of the molecule is N#Cc1cc(F)ccc1OCc1ccccc1C#Cc1ccccc1. The molecule has 0 aliphatic heterocycles. The van der Waals surface area contributed by atoms with Crippen molar-refractivity contribution in [2.75, 3.05) is 0 Å². The van der Waals surface area contributed by atoms with E-state index < -0.39 is 5.82 Å². The summed E-state index contributed by atoms with van der Waals surface area (Å²) in [5.74, 6) is 6.17. The van der Waals surface area contributed by atoms with E-state index in [1.54, 1.807) is 0 Å². The van der Waals surface area contributed by atoms with Gasteiger partial charge in [-0.25, -0.2) is 4.39 Å². The second-order valence-electron chi connectivity index (χ2n) is 5.31. The van der Waals surface area contributed by atoms with Gasteiger partial charge in [-0.3, -0.25) is 0 Å². The van der Waals surface area contributed by atoms with Crippen molar-refractivity contribution in [2.24, 2.45) is 0 Å². The molecule has 3 aromatic rings. The molecule has 0 spiro atoms. The number of ether oxygens (including phenoxy) is 1. The van der Waals surface area contributed by atoms with Crippen molar-refractivity contribution in [1.29, 1.82) is 5.26 Å². The summed E-state index contributed by atoms with van der Waals surface area (Å²) >= 11 is 0. The van der Waals surface area contributed by atoms with E-state index in [1.807, 2.05) is 60.7 Å². The Balaban J connectivity index is 1.81. The van der Waals surface area contributed by atoms with Crippen LogP contribution in [0.15, 0.2) is 72.8 Å². The average molecular weight is 327 g/mol. The highest BCUT2D eigenvalue weighted by Gasteiger charge is 2.06. The van der Waals surface area contributed by atoms with Crippen LogP contribution in [0, 0.1) is 29.0 Å². The van der Waals surface area contributed by atoms with Crippen LogP contribution in [-0.4, -0.2) is 0 Å². The molecule has 0 aliphatic carbocycles. The van der Waals surface area contributed by atoms with Crippen LogP contribution >= 0.6 is 0 Å². The molecule has 3 rings (SSSR count). The average Bonchev–Trinajstić information content (AvgIpc) is 2.66. The third-order valence-electron chi connectivity index (χ3n) is 3.58. The normalized spacial score (nSPS) is 9.60. The molecule has 0 bridgehead atoms. The zero-order valence-electron chi connectivity index (χ0n) is 13.4. The predicted molar refractivity (Wildman–Crippen MR) is 94.3 cm³/mol. The first-order chi connectivity index (χ1) is 12.3. The Labute approximate surface area is 146 Å². The monoisotopic (exact) mass is 327 g/mol. The lowest BCUT2D eigenvalue weighted by molar-refractivity contribution is 0.304. The van der Waals surface area contributed by atoms with Crippen LogP contribution in [0.25, 0.3) is 0 Å². The minimum absolute atomic E-state index is 0.174. The van der Waals surface area contributed by atoms with Crippen LogP contribution in [0.4, 0.5) is 4.39 Å². The van der Waals surface area contributed by atoms with E-state index in [0.717, 1.165) is 22.8 Å². The zero-order chi connectivity index (χ0) is 17.5. The first-order valence-corrected chi connectivity index (χ1v) is 7.74. The molecule has 0 heterocycles. The third-order valence-corrected chi connectivity index (χ3v) is 3.58. The lowest BCUT2D eigenvalue weighted by Crippen LogP contribution is -2.00. The van der Waals surface area contributed by atoms with Gasteiger partial charge < -0.3 is 4.74 Å². The Morgan fingerprint density at radius 3 is 2.40 bits per heavy atom. The van der Waals surface area contributed by atoms with E-state index in [9.17, 15) is 4.39 Å². The van der Waals surface area contributed by atoms with E-state index in [-0.39, 0.29) is 12.2 Å². The minimum Gasteiger partial charge on any atom is -0.487 e. The molecule has 3 aromatic carbocycles. The molecule has 3 heteroatoms.